The van der Waals surface area contributed by atoms with E-state index < -0.39 is 0 Å². The molecular weight excluding hydrogens is 306 g/mol. The third-order valence-corrected chi connectivity index (χ3v) is 5.96. The Kier molecular flexibility index (Phi) is 5.49. The minimum atomic E-state index is 0.233. The van der Waals surface area contributed by atoms with E-state index in [1.54, 1.807) is 11.3 Å². The van der Waals surface area contributed by atoms with Gasteiger partial charge in [-0.25, -0.2) is 4.98 Å². The summed E-state index contributed by atoms with van der Waals surface area (Å²) >= 11 is 1.74. The van der Waals surface area contributed by atoms with Crippen LogP contribution in [-0.4, -0.2) is 47.4 Å². The molecule has 2 unspecified atom stereocenters. The van der Waals surface area contributed by atoms with E-state index in [1.165, 1.54) is 4.88 Å². The second-order valence-electron chi connectivity index (χ2n) is 6.98. The van der Waals surface area contributed by atoms with Gasteiger partial charge in [0.05, 0.1) is 11.2 Å². The van der Waals surface area contributed by atoms with Gasteiger partial charge in [0.2, 0.25) is 5.91 Å². The van der Waals surface area contributed by atoms with Crippen molar-refractivity contribution in [3.8, 4) is 0 Å². The smallest absolute Gasteiger partial charge is 0.226 e. The molecule has 3 rings (SSSR count). The van der Waals surface area contributed by atoms with Gasteiger partial charge in [-0.2, -0.15) is 0 Å². The summed E-state index contributed by atoms with van der Waals surface area (Å²) in [5.74, 6) is 1.23. The molecule has 126 valence electrons. The van der Waals surface area contributed by atoms with Crippen LogP contribution < -0.4 is 0 Å². The highest BCUT2D eigenvalue weighted by Gasteiger charge is 2.31. The van der Waals surface area contributed by atoms with Crippen molar-refractivity contribution in [2.75, 3.05) is 26.7 Å². The van der Waals surface area contributed by atoms with Crippen LogP contribution in [0.5, 0.6) is 0 Å². The molecule has 1 aliphatic carbocycles. The topological polar surface area (TPSA) is 36.4 Å². The number of carbonyl (C=O) groups is 1. The van der Waals surface area contributed by atoms with Gasteiger partial charge in [0.15, 0.2) is 0 Å². The monoisotopic (exact) mass is 333 g/mol. The Balaban J connectivity index is 1.46. The van der Waals surface area contributed by atoms with Gasteiger partial charge in [-0.3, -0.25) is 4.79 Å². The number of aryl methyl sites for hydroxylation is 1. The Morgan fingerprint density at radius 1 is 1.43 bits per heavy atom. The average molecular weight is 334 g/mol. The molecule has 1 aliphatic heterocycles. The number of aromatic nitrogens is 1. The molecule has 2 heterocycles. The number of likely N-dealkylation sites (tertiary alicyclic amines) is 1. The van der Waals surface area contributed by atoms with Gasteiger partial charge in [-0.1, -0.05) is 12.2 Å². The zero-order chi connectivity index (χ0) is 16.2. The van der Waals surface area contributed by atoms with Crippen LogP contribution in [0.1, 0.15) is 36.3 Å². The second kappa shape index (κ2) is 7.58. The fourth-order valence-corrected chi connectivity index (χ4v) is 4.54. The molecule has 1 aromatic rings. The Hall–Kier alpha value is -1.20. The van der Waals surface area contributed by atoms with E-state index in [2.05, 4.69) is 40.9 Å². The fraction of sp³-hybridized carbons (Fsp3) is 0.667. The lowest BCUT2D eigenvalue weighted by Gasteiger charge is -2.25. The van der Waals surface area contributed by atoms with Gasteiger partial charge in [-0.05, 0) is 45.6 Å². The zero-order valence-electron chi connectivity index (χ0n) is 14.2. The molecule has 2 atom stereocenters. The molecule has 2 aliphatic rings. The highest BCUT2D eigenvalue weighted by molar-refractivity contribution is 7.09. The number of hydrogen-bond donors (Lipinski definition) is 0. The maximum absolute atomic E-state index is 12.6. The fourth-order valence-electron chi connectivity index (χ4n) is 3.69. The number of carbonyl (C=O) groups excluding carboxylic acids is 1. The Morgan fingerprint density at radius 3 is 3.00 bits per heavy atom. The molecule has 0 bridgehead atoms. The molecule has 1 amide bonds. The summed E-state index contributed by atoms with van der Waals surface area (Å²) in [5, 5.41) is 0. The second-order valence-corrected chi connectivity index (χ2v) is 7.92. The quantitative estimate of drug-likeness (QED) is 0.777. The number of thiazole rings is 1. The summed E-state index contributed by atoms with van der Waals surface area (Å²) in [6, 6.07) is 0. The molecule has 23 heavy (non-hydrogen) atoms. The van der Waals surface area contributed by atoms with E-state index in [4.69, 9.17) is 0 Å². The Labute approximate surface area is 143 Å². The summed E-state index contributed by atoms with van der Waals surface area (Å²) in [7, 11) is 2.18. The summed E-state index contributed by atoms with van der Waals surface area (Å²) in [6.45, 7) is 5.98. The number of rotatable bonds is 5. The predicted molar refractivity (Wildman–Crippen MR) is 94.4 cm³/mol. The van der Waals surface area contributed by atoms with Crippen molar-refractivity contribution in [1.29, 1.82) is 0 Å². The van der Waals surface area contributed by atoms with Crippen molar-refractivity contribution in [3.63, 3.8) is 0 Å². The van der Waals surface area contributed by atoms with E-state index in [0.717, 1.165) is 57.6 Å². The minimum absolute atomic E-state index is 0.233. The molecule has 5 heteroatoms. The van der Waals surface area contributed by atoms with Gasteiger partial charge in [0, 0.05) is 37.0 Å². The van der Waals surface area contributed by atoms with Crippen LogP contribution in [0, 0.1) is 18.8 Å². The molecule has 0 N–H and O–H groups in total. The number of hydrogen-bond acceptors (Lipinski definition) is 4. The van der Waals surface area contributed by atoms with Gasteiger partial charge >= 0.3 is 0 Å². The summed E-state index contributed by atoms with van der Waals surface area (Å²) in [6.07, 6.45) is 8.54. The van der Waals surface area contributed by atoms with Crippen LogP contribution in [0.15, 0.2) is 17.7 Å². The first-order valence-corrected chi connectivity index (χ1v) is 9.52. The van der Waals surface area contributed by atoms with Gasteiger partial charge in [0.1, 0.15) is 0 Å². The van der Waals surface area contributed by atoms with Crippen molar-refractivity contribution in [1.82, 2.24) is 14.8 Å². The minimum Gasteiger partial charge on any atom is -0.342 e. The molecule has 0 aromatic carbocycles. The lowest BCUT2D eigenvalue weighted by molar-refractivity contribution is -0.134. The summed E-state index contributed by atoms with van der Waals surface area (Å²) in [5.41, 5.74) is 3.07. The largest absolute Gasteiger partial charge is 0.342 e. The summed E-state index contributed by atoms with van der Waals surface area (Å²) in [4.78, 5) is 22.8. The maximum Gasteiger partial charge on any atom is 0.226 e. The molecular formula is C18H27N3OS. The molecule has 0 radical (unpaired) electrons. The molecule has 4 nitrogen and oxygen atoms in total. The van der Waals surface area contributed by atoms with Crippen LogP contribution >= 0.6 is 11.3 Å². The van der Waals surface area contributed by atoms with Gasteiger partial charge in [-0.15, -0.1) is 11.3 Å². The lowest BCUT2D eigenvalue weighted by atomic mass is 9.93. The van der Waals surface area contributed by atoms with Gasteiger partial charge < -0.3 is 9.80 Å². The van der Waals surface area contributed by atoms with Crippen LogP contribution in [0.4, 0.5) is 0 Å². The van der Waals surface area contributed by atoms with Crippen LogP contribution in [0.2, 0.25) is 0 Å². The number of allylic oxidation sites excluding steroid dienone is 2. The highest BCUT2D eigenvalue weighted by atomic mass is 32.1. The van der Waals surface area contributed by atoms with Crippen LogP contribution in [0.25, 0.3) is 0 Å². The Morgan fingerprint density at radius 2 is 2.30 bits per heavy atom. The maximum atomic E-state index is 12.6. The SMILES string of the molecule is Cc1ncsc1CN(C)CC1CCN(C(=O)C2CC=CCC2)C1. The van der Waals surface area contributed by atoms with Crippen molar-refractivity contribution in [2.45, 2.75) is 39.2 Å². The molecule has 1 aromatic heterocycles. The average Bonchev–Trinajstić information content (AvgIpc) is 3.17. The number of amides is 1. The third-order valence-electron chi connectivity index (χ3n) is 5.04. The van der Waals surface area contributed by atoms with E-state index in [1.807, 2.05) is 5.51 Å². The van der Waals surface area contributed by atoms with Crippen molar-refractivity contribution in [3.05, 3.63) is 28.2 Å². The van der Waals surface area contributed by atoms with E-state index >= 15 is 0 Å². The first kappa shape index (κ1) is 16.7. The molecule has 0 spiro atoms. The van der Waals surface area contributed by atoms with Crippen LogP contribution in [0.3, 0.4) is 0 Å². The number of nitrogens with zero attached hydrogens (tertiary/aromatic N) is 3. The molecule has 1 saturated heterocycles. The molecule has 1 fully saturated rings. The van der Waals surface area contributed by atoms with Crippen LogP contribution in [-0.2, 0) is 11.3 Å². The Bertz CT molecular complexity index is 568. The highest BCUT2D eigenvalue weighted by Crippen LogP contribution is 2.25. The zero-order valence-corrected chi connectivity index (χ0v) is 15.0. The first-order valence-electron chi connectivity index (χ1n) is 8.64. The normalized spacial score (nSPS) is 24.6. The van der Waals surface area contributed by atoms with Gasteiger partial charge in [0.25, 0.3) is 0 Å². The summed E-state index contributed by atoms with van der Waals surface area (Å²) < 4.78 is 0. The lowest BCUT2D eigenvalue weighted by Crippen LogP contribution is -2.36. The first-order chi connectivity index (χ1) is 11.1. The van der Waals surface area contributed by atoms with Crippen molar-refractivity contribution in [2.24, 2.45) is 11.8 Å². The standard InChI is InChI=1S/C18H27N3OS/c1-14-17(23-13-19-14)12-20(2)10-15-8-9-21(11-15)18(22)16-6-4-3-5-7-16/h3-4,13,15-16H,5-12H2,1-2H3. The third kappa shape index (κ3) is 4.21. The molecule has 0 saturated carbocycles. The van der Waals surface area contributed by atoms with E-state index in [-0.39, 0.29) is 5.92 Å². The van der Waals surface area contributed by atoms with E-state index in [9.17, 15) is 4.79 Å². The van der Waals surface area contributed by atoms with Crippen molar-refractivity contribution >= 4 is 17.2 Å². The van der Waals surface area contributed by atoms with E-state index in [0.29, 0.717) is 11.8 Å². The predicted octanol–water partition coefficient (Wildman–Crippen LogP) is 3.09. The van der Waals surface area contributed by atoms with Crippen molar-refractivity contribution < 1.29 is 4.79 Å².